The average Bonchev–Trinajstić information content (AvgIpc) is 2.88. The molecule has 1 aromatic carbocycles. The van der Waals surface area contributed by atoms with Gasteiger partial charge in [-0.3, -0.25) is 0 Å². The summed E-state index contributed by atoms with van der Waals surface area (Å²) in [6.07, 6.45) is 1.05. The Hall–Kier alpha value is -1.59. The normalized spacial score (nSPS) is 12.3. The maximum absolute atomic E-state index is 11.9. The molecule has 0 saturated carbocycles. The Morgan fingerprint density at radius 1 is 1.43 bits per heavy atom. The molecule has 0 aliphatic heterocycles. The van der Waals surface area contributed by atoms with E-state index in [1.54, 1.807) is 30.2 Å². The molecule has 0 fully saturated rings. The number of hydrogen-bond acceptors (Lipinski definition) is 3. The number of hydrogen-bond donors (Lipinski definition) is 2. The number of urea groups is 1. The third-order valence-corrected chi connectivity index (χ3v) is 4.47. The van der Waals surface area contributed by atoms with Gasteiger partial charge in [-0.1, -0.05) is 18.2 Å². The van der Waals surface area contributed by atoms with E-state index in [0.29, 0.717) is 19.5 Å². The zero-order valence-corrected chi connectivity index (χ0v) is 13.3. The molecule has 2 amide bonds. The van der Waals surface area contributed by atoms with Gasteiger partial charge >= 0.3 is 6.03 Å². The minimum atomic E-state index is -0.377. The summed E-state index contributed by atoms with van der Waals surface area (Å²) in [7, 11) is 1.75. The molecule has 2 aromatic rings. The summed E-state index contributed by atoms with van der Waals surface area (Å²) in [6, 6.07) is 8.24. The number of rotatable bonds is 6. The third-order valence-electron chi connectivity index (χ3n) is 3.46. The van der Waals surface area contributed by atoms with Gasteiger partial charge in [-0.2, -0.15) is 0 Å². The van der Waals surface area contributed by atoms with Crippen LogP contribution < -0.4 is 5.32 Å². The van der Waals surface area contributed by atoms with Crippen molar-refractivity contribution in [2.24, 2.45) is 0 Å². The highest BCUT2D eigenvalue weighted by Gasteiger charge is 2.09. The molecule has 0 spiro atoms. The Balaban J connectivity index is 1.80. The van der Waals surface area contributed by atoms with Crippen LogP contribution in [0, 0.1) is 0 Å². The number of aliphatic hydroxyl groups is 1. The van der Waals surface area contributed by atoms with E-state index in [1.165, 1.54) is 15.6 Å². The van der Waals surface area contributed by atoms with Crippen molar-refractivity contribution in [1.82, 2.24) is 10.2 Å². The highest BCUT2D eigenvalue weighted by molar-refractivity contribution is 7.17. The van der Waals surface area contributed by atoms with Crippen LogP contribution in [-0.2, 0) is 6.42 Å². The summed E-state index contributed by atoms with van der Waals surface area (Å²) >= 11 is 1.74. The Bertz CT molecular complexity index is 595. The molecule has 21 heavy (non-hydrogen) atoms. The van der Waals surface area contributed by atoms with Gasteiger partial charge in [0, 0.05) is 24.8 Å². The Morgan fingerprint density at radius 3 is 2.95 bits per heavy atom. The van der Waals surface area contributed by atoms with Gasteiger partial charge in [0.1, 0.15) is 0 Å². The molecule has 0 bridgehead atoms. The molecule has 5 heteroatoms. The minimum absolute atomic E-state index is 0.0878. The van der Waals surface area contributed by atoms with Crippen LogP contribution in [-0.4, -0.2) is 42.3 Å². The van der Waals surface area contributed by atoms with Crippen molar-refractivity contribution in [3.63, 3.8) is 0 Å². The number of nitrogens with one attached hydrogen (secondary N) is 1. The van der Waals surface area contributed by atoms with Crippen LogP contribution >= 0.6 is 11.3 Å². The highest BCUT2D eigenvalue weighted by Crippen LogP contribution is 2.25. The maximum Gasteiger partial charge on any atom is 0.317 e. The van der Waals surface area contributed by atoms with Gasteiger partial charge in [-0.25, -0.2) is 4.79 Å². The Kier molecular flexibility index (Phi) is 5.59. The van der Waals surface area contributed by atoms with Gasteiger partial charge in [-0.05, 0) is 42.2 Å². The summed E-state index contributed by atoms with van der Waals surface area (Å²) < 4.78 is 1.29. The molecule has 1 unspecified atom stereocenters. The third kappa shape index (κ3) is 4.44. The van der Waals surface area contributed by atoms with Crippen molar-refractivity contribution in [2.75, 3.05) is 20.1 Å². The number of fused-ring (bicyclic) bond motifs is 1. The summed E-state index contributed by atoms with van der Waals surface area (Å²) in [4.78, 5) is 13.5. The van der Waals surface area contributed by atoms with Crippen LogP contribution in [0.25, 0.3) is 10.1 Å². The molecule has 4 nitrogen and oxygen atoms in total. The zero-order valence-electron chi connectivity index (χ0n) is 12.5. The van der Waals surface area contributed by atoms with Crippen molar-refractivity contribution in [1.29, 1.82) is 0 Å². The molecular weight excluding hydrogens is 284 g/mol. The fourth-order valence-electron chi connectivity index (χ4n) is 2.15. The van der Waals surface area contributed by atoms with Gasteiger partial charge in [0.25, 0.3) is 0 Å². The second kappa shape index (κ2) is 7.43. The first-order chi connectivity index (χ1) is 10.1. The SMILES string of the molecule is CC(O)CCN(C)C(=O)NCCc1csc2ccccc12. The fourth-order valence-corrected chi connectivity index (χ4v) is 3.14. The first kappa shape index (κ1) is 15.8. The lowest BCUT2D eigenvalue weighted by Crippen LogP contribution is -2.39. The number of thiophene rings is 1. The average molecular weight is 306 g/mol. The zero-order chi connectivity index (χ0) is 15.2. The monoisotopic (exact) mass is 306 g/mol. The number of nitrogens with zero attached hydrogens (tertiary/aromatic N) is 1. The van der Waals surface area contributed by atoms with Crippen molar-refractivity contribution in [2.45, 2.75) is 25.9 Å². The fraction of sp³-hybridized carbons (Fsp3) is 0.438. The minimum Gasteiger partial charge on any atom is -0.393 e. The van der Waals surface area contributed by atoms with Gasteiger partial charge in [-0.15, -0.1) is 11.3 Å². The first-order valence-electron chi connectivity index (χ1n) is 7.20. The lowest BCUT2D eigenvalue weighted by Gasteiger charge is -2.18. The molecule has 114 valence electrons. The second-order valence-corrected chi connectivity index (χ2v) is 6.21. The van der Waals surface area contributed by atoms with Crippen LogP contribution in [0.15, 0.2) is 29.6 Å². The van der Waals surface area contributed by atoms with Crippen LogP contribution in [0.4, 0.5) is 4.79 Å². The van der Waals surface area contributed by atoms with E-state index in [-0.39, 0.29) is 12.1 Å². The van der Waals surface area contributed by atoms with E-state index >= 15 is 0 Å². The molecule has 0 aliphatic rings. The summed E-state index contributed by atoms with van der Waals surface area (Å²) in [6.45, 7) is 2.91. The van der Waals surface area contributed by atoms with Gasteiger partial charge in [0.2, 0.25) is 0 Å². The molecular formula is C16H22N2O2S. The van der Waals surface area contributed by atoms with E-state index in [1.807, 2.05) is 12.1 Å². The van der Waals surface area contributed by atoms with Crippen molar-refractivity contribution in [3.05, 3.63) is 35.2 Å². The lowest BCUT2D eigenvalue weighted by atomic mass is 10.1. The smallest absolute Gasteiger partial charge is 0.317 e. The topological polar surface area (TPSA) is 52.6 Å². The van der Waals surface area contributed by atoms with Crippen molar-refractivity contribution < 1.29 is 9.90 Å². The quantitative estimate of drug-likeness (QED) is 0.862. The van der Waals surface area contributed by atoms with Crippen LogP contribution in [0.3, 0.4) is 0 Å². The largest absolute Gasteiger partial charge is 0.393 e. The highest BCUT2D eigenvalue weighted by atomic mass is 32.1. The van der Waals surface area contributed by atoms with Crippen LogP contribution in [0.1, 0.15) is 18.9 Å². The van der Waals surface area contributed by atoms with Crippen molar-refractivity contribution >= 4 is 27.5 Å². The van der Waals surface area contributed by atoms with Gasteiger partial charge in [0.05, 0.1) is 6.10 Å². The summed E-state index contributed by atoms with van der Waals surface area (Å²) in [5.74, 6) is 0. The van der Waals surface area contributed by atoms with Crippen molar-refractivity contribution in [3.8, 4) is 0 Å². The molecule has 2 rings (SSSR count). The number of carbonyl (C=O) groups excluding carboxylic acids is 1. The standard InChI is InChI=1S/C16H22N2O2S/c1-12(19)8-10-18(2)16(20)17-9-7-13-11-21-15-6-4-3-5-14(13)15/h3-6,11-12,19H,7-10H2,1-2H3,(H,17,20). The molecule has 0 aliphatic carbocycles. The molecule has 1 atom stereocenters. The van der Waals surface area contributed by atoms with E-state index < -0.39 is 0 Å². The van der Waals surface area contributed by atoms with Gasteiger partial charge in [0.15, 0.2) is 0 Å². The van der Waals surface area contributed by atoms with E-state index in [4.69, 9.17) is 0 Å². The predicted octanol–water partition coefficient (Wildman–Crippen LogP) is 2.86. The molecule has 1 aromatic heterocycles. The van der Waals surface area contributed by atoms with Crippen LogP contribution in [0.5, 0.6) is 0 Å². The van der Waals surface area contributed by atoms with Gasteiger partial charge < -0.3 is 15.3 Å². The van der Waals surface area contributed by atoms with E-state index in [2.05, 4.69) is 22.8 Å². The summed E-state index contributed by atoms with van der Waals surface area (Å²) in [5, 5.41) is 15.6. The number of amides is 2. The first-order valence-corrected chi connectivity index (χ1v) is 8.08. The van der Waals surface area contributed by atoms with E-state index in [9.17, 15) is 9.90 Å². The number of aliphatic hydroxyl groups excluding tert-OH is 1. The summed E-state index contributed by atoms with van der Waals surface area (Å²) in [5.41, 5.74) is 1.28. The number of benzene rings is 1. The Labute approximate surface area is 129 Å². The second-order valence-electron chi connectivity index (χ2n) is 5.30. The van der Waals surface area contributed by atoms with Crippen LogP contribution in [0.2, 0.25) is 0 Å². The molecule has 0 saturated heterocycles. The maximum atomic E-state index is 11.9. The predicted molar refractivity (Wildman–Crippen MR) is 87.9 cm³/mol. The molecule has 0 radical (unpaired) electrons. The Morgan fingerprint density at radius 2 is 2.19 bits per heavy atom. The lowest BCUT2D eigenvalue weighted by molar-refractivity contribution is 0.163. The number of carbonyl (C=O) groups is 1. The molecule has 2 N–H and O–H groups in total. The van der Waals surface area contributed by atoms with E-state index in [0.717, 1.165) is 6.42 Å². The molecule has 1 heterocycles.